The van der Waals surface area contributed by atoms with Gasteiger partial charge in [0.25, 0.3) is 0 Å². The highest BCUT2D eigenvalue weighted by Gasteiger charge is 2.07. The van der Waals surface area contributed by atoms with Gasteiger partial charge in [-0.1, -0.05) is 6.92 Å². The maximum absolute atomic E-state index is 12.8. The summed E-state index contributed by atoms with van der Waals surface area (Å²) < 4.78 is 40.6. The summed E-state index contributed by atoms with van der Waals surface area (Å²) in [6.07, 6.45) is 0.451. The molecule has 0 amide bonds. The topological polar surface area (TPSA) is 43.4 Å². The Balaban J connectivity index is 2.41. The van der Waals surface area contributed by atoms with Gasteiger partial charge in [-0.3, -0.25) is 0 Å². The standard InChI is InChI=1S/C12H17FO3S/c1-3-17(14,15)8-4-7-16-12-6-5-11(13)9-10(12)2/h5-6,9H,3-4,7-8H2,1-2H3. The largest absolute Gasteiger partial charge is 0.493 e. The van der Waals surface area contributed by atoms with Gasteiger partial charge in [-0.05, 0) is 37.1 Å². The number of rotatable bonds is 6. The molecule has 0 radical (unpaired) electrons. The second-order valence-corrected chi connectivity index (χ2v) is 6.32. The third-order valence-electron chi connectivity index (χ3n) is 2.43. The molecule has 0 unspecified atom stereocenters. The van der Waals surface area contributed by atoms with Gasteiger partial charge in [0.1, 0.15) is 21.4 Å². The van der Waals surface area contributed by atoms with Crippen molar-refractivity contribution in [1.82, 2.24) is 0 Å². The normalized spacial score (nSPS) is 11.5. The molecule has 0 spiro atoms. The van der Waals surface area contributed by atoms with Crippen LogP contribution in [0.2, 0.25) is 0 Å². The zero-order valence-corrected chi connectivity index (χ0v) is 10.9. The molecule has 1 rings (SSSR count). The van der Waals surface area contributed by atoms with E-state index in [2.05, 4.69) is 0 Å². The van der Waals surface area contributed by atoms with E-state index in [0.717, 1.165) is 0 Å². The van der Waals surface area contributed by atoms with Crippen LogP contribution in [0.25, 0.3) is 0 Å². The van der Waals surface area contributed by atoms with Crippen LogP contribution >= 0.6 is 0 Å². The first-order valence-electron chi connectivity index (χ1n) is 5.54. The lowest BCUT2D eigenvalue weighted by atomic mass is 10.2. The third-order valence-corrected chi connectivity index (χ3v) is 4.22. The van der Waals surface area contributed by atoms with E-state index in [9.17, 15) is 12.8 Å². The third kappa shape index (κ3) is 4.73. The van der Waals surface area contributed by atoms with Gasteiger partial charge in [-0.2, -0.15) is 0 Å². The number of hydrogen-bond donors (Lipinski definition) is 0. The Morgan fingerprint density at radius 3 is 2.65 bits per heavy atom. The molecule has 1 aromatic rings. The zero-order valence-electron chi connectivity index (χ0n) is 10.1. The molecule has 3 nitrogen and oxygen atoms in total. The Morgan fingerprint density at radius 2 is 2.06 bits per heavy atom. The fourth-order valence-electron chi connectivity index (χ4n) is 1.38. The molecule has 0 N–H and O–H groups in total. The molecule has 0 bridgehead atoms. The Kier molecular flexibility index (Phi) is 4.93. The van der Waals surface area contributed by atoms with Crippen LogP contribution in [0.3, 0.4) is 0 Å². The van der Waals surface area contributed by atoms with E-state index in [1.807, 2.05) is 0 Å². The number of sulfone groups is 1. The highest BCUT2D eigenvalue weighted by molar-refractivity contribution is 7.91. The minimum Gasteiger partial charge on any atom is -0.493 e. The van der Waals surface area contributed by atoms with Gasteiger partial charge in [0.05, 0.1) is 12.4 Å². The van der Waals surface area contributed by atoms with Crippen molar-refractivity contribution in [2.45, 2.75) is 20.3 Å². The predicted octanol–water partition coefficient (Wildman–Crippen LogP) is 2.34. The van der Waals surface area contributed by atoms with Crippen molar-refractivity contribution < 1.29 is 17.5 Å². The summed E-state index contributed by atoms with van der Waals surface area (Å²) in [4.78, 5) is 0. The lowest BCUT2D eigenvalue weighted by Gasteiger charge is -2.08. The van der Waals surface area contributed by atoms with Gasteiger partial charge in [-0.15, -0.1) is 0 Å². The summed E-state index contributed by atoms with van der Waals surface area (Å²) in [5.41, 5.74) is 0.711. The monoisotopic (exact) mass is 260 g/mol. The second-order valence-electron chi connectivity index (χ2n) is 3.85. The highest BCUT2D eigenvalue weighted by Crippen LogP contribution is 2.18. The van der Waals surface area contributed by atoms with E-state index >= 15 is 0 Å². The first-order valence-corrected chi connectivity index (χ1v) is 7.36. The van der Waals surface area contributed by atoms with Gasteiger partial charge < -0.3 is 4.74 Å². The van der Waals surface area contributed by atoms with Crippen molar-refractivity contribution in [3.8, 4) is 5.75 Å². The SMILES string of the molecule is CCS(=O)(=O)CCCOc1ccc(F)cc1C. The minimum atomic E-state index is -2.93. The summed E-state index contributed by atoms with van der Waals surface area (Å²) in [7, 11) is -2.93. The fourth-order valence-corrected chi connectivity index (χ4v) is 2.23. The van der Waals surface area contributed by atoms with E-state index in [1.165, 1.54) is 12.1 Å². The Hall–Kier alpha value is -1.10. The van der Waals surface area contributed by atoms with Crippen LogP contribution in [0, 0.1) is 12.7 Å². The Bertz CT molecular complexity index is 469. The molecule has 17 heavy (non-hydrogen) atoms. The van der Waals surface area contributed by atoms with Crippen molar-refractivity contribution in [1.29, 1.82) is 0 Å². The first kappa shape index (κ1) is 14.0. The van der Waals surface area contributed by atoms with Crippen LogP contribution in [0.5, 0.6) is 5.75 Å². The Morgan fingerprint density at radius 1 is 1.35 bits per heavy atom. The summed E-state index contributed by atoms with van der Waals surface area (Å²) in [6.45, 7) is 3.70. The smallest absolute Gasteiger partial charge is 0.150 e. The van der Waals surface area contributed by atoms with Crippen LogP contribution < -0.4 is 4.74 Å². The molecule has 0 aliphatic rings. The van der Waals surface area contributed by atoms with Crippen LogP contribution in [0.1, 0.15) is 18.9 Å². The molecule has 0 atom stereocenters. The number of ether oxygens (including phenoxy) is 1. The second kappa shape index (κ2) is 6.00. The van der Waals surface area contributed by atoms with E-state index in [1.54, 1.807) is 19.9 Å². The predicted molar refractivity (Wildman–Crippen MR) is 65.6 cm³/mol. The van der Waals surface area contributed by atoms with Crippen LogP contribution in [0.15, 0.2) is 18.2 Å². The summed E-state index contributed by atoms with van der Waals surface area (Å²) >= 11 is 0. The maximum Gasteiger partial charge on any atom is 0.150 e. The fraction of sp³-hybridized carbons (Fsp3) is 0.500. The van der Waals surface area contributed by atoms with Crippen molar-refractivity contribution in [3.05, 3.63) is 29.6 Å². The van der Waals surface area contributed by atoms with Crippen LogP contribution in [0.4, 0.5) is 4.39 Å². The summed E-state index contributed by atoms with van der Waals surface area (Å²) in [6, 6.07) is 4.27. The van der Waals surface area contributed by atoms with E-state index in [4.69, 9.17) is 4.74 Å². The average molecular weight is 260 g/mol. The van der Waals surface area contributed by atoms with Gasteiger partial charge in [0.15, 0.2) is 0 Å². The zero-order chi connectivity index (χ0) is 12.9. The molecule has 5 heteroatoms. The van der Waals surface area contributed by atoms with Gasteiger partial charge in [0, 0.05) is 5.75 Å². The lowest BCUT2D eigenvalue weighted by molar-refractivity contribution is 0.315. The molecule has 0 aromatic heterocycles. The molecule has 0 saturated heterocycles. The highest BCUT2D eigenvalue weighted by atomic mass is 32.2. The van der Waals surface area contributed by atoms with Gasteiger partial charge >= 0.3 is 0 Å². The molecule has 0 fully saturated rings. The number of benzene rings is 1. The van der Waals surface area contributed by atoms with Crippen LogP contribution in [-0.4, -0.2) is 26.5 Å². The molecule has 0 heterocycles. The van der Waals surface area contributed by atoms with E-state index in [-0.39, 0.29) is 17.3 Å². The van der Waals surface area contributed by atoms with Gasteiger partial charge in [0.2, 0.25) is 0 Å². The number of aryl methyl sites for hydroxylation is 1. The molecule has 96 valence electrons. The quantitative estimate of drug-likeness (QED) is 0.737. The molecule has 0 saturated carbocycles. The van der Waals surface area contributed by atoms with Crippen molar-refractivity contribution in [3.63, 3.8) is 0 Å². The Labute approximate surface area is 102 Å². The number of halogens is 1. The molecule has 0 aliphatic heterocycles. The van der Waals surface area contributed by atoms with E-state index < -0.39 is 9.84 Å². The average Bonchev–Trinajstić information content (AvgIpc) is 2.27. The minimum absolute atomic E-state index is 0.129. The summed E-state index contributed by atoms with van der Waals surface area (Å²) in [5.74, 6) is 0.579. The molecular formula is C12H17FO3S. The first-order chi connectivity index (χ1) is 7.94. The van der Waals surface area contributed by atoms with Gasteiger partial charge in [-0.25, -0.2) is 12.8 Å². The van der Waals surface area contributed by atoms with Crippen molar-refractivity contribution in [2.24, 2.45) is 0 Å². The van der Waals surface area contributed by atoms with Crippen LogP contribution in [-0.2, 0) is 9.84 Å². The molecule has 0 aliphatic carbocycles. The van der Waals surface area contributed by atoms with E-state index in [0.29, 0.717) is 24.3 Å². The van der Waals surface area contributed by atoms with Crippen molar-refractivity contribution in [2.75, 3.05) is 18.1 Å². The summed E-state index contributed by atoms with van der Waals surface area (Å²) in [5, 5.41) is 0. The van der Waals surface area contributed by atoms with Crippen molar-refractivity contribution >= 4 is 9.84 Å². The number of hydrogen-bond acceptors (Lipinski definition) is 3. The molecular weight excluding hydrogens is 243 g/mol. The lowest BCUT2D eigenvalue weighted by Crippen LogP contribution is -2.12. The molecule has 1 aromatic carbocycles. The maximum atomic E-state index is 12.8.